The van der Waals surface area contributed by atoms with Crippen LogP contribution < -0.4 is 5.32 Å². The first kappa shape index (κ1) is 14.8. The Bertz CT molecular complexity index is 526. The van der Waals surface area contributed by atoms with Gasteiger partial charge in [-0.3, -0.25) is 0 Å². The molecule has 0 aliphatic carbocycles. The summed E-state index contributed by atoms with van der Waals surface area (Å²) in [5.74, 6) is 0.536. The van der Waals surface area contributed by atoms with Gasteiger partial charge >= 0.3 is 5.51 Å². The Morgan fingerprint density at radius 2 is 2.00 bits per heavy atom. The molecule has 1 aromatic carbocycles. The smallest absolute Gasteiger partial charge is 0.303 e. The minimum atomic E-state index is -4.26. The van der Waals surface area contributed by atoms with Crippen molar-refractivity contribution in [1.29, 1.82) is 0 Å². The summed E-state index contributed by atoms with van der Waals surface area (Å²) in [5, 5.41) is 16.7. The first-order valence-corrected chi connectivity index (χ1v) is 6.57. The molecule has 0 fully saturated rings. The molecule has 2 N–H and O–H groups in total. The molecule has 0 saturated carbocycles. The number of tetrazole rings is 1. The van der Waals surface area contributed by atoms with E-state index in [-0.39, 0.29) is 22.7 Å². The zero-order chi connectivity index (χ0) is 14.6. The molecular formula is C11H12F3N5S. The van der Waals surface area contributed by atoms with Gasteiger partial charge in [0, 0.05) is 11.4 Å². The standard InChI is InChI=1S/C11H12F3N5S/c1-7(10-16-18-19-17-10)15-6-8-2-4-9(5-3-8)20-11(12,13)14/h2-5,7,15H,6H2,1H3,(H,16,17,18,19). The van der Waals surface area contributed by atoms with Gasteiger partial charge in [0.1, 0.15) is 0 Å². The highest BCUT2D eigenvalue weighted by atomic mass is 32.2. The number of alkyl halides is 3. The van der Waals surface area contributed by atoms with E-state index in [1.165, 1.54) is 12.1 Å². The third kappa shape index (κ3) is 4.49. The summed E-state index contributed by atoms with van der Waals surface area (Å²) in [4.78, 5) is 0.174. The second kappa shape index (κ2) is 6.23. The van der Waals surface area contributed by atoms with Crippen molar-refractivity contribution in [1.82, 2.24) is 25.9 Å². The van der Waals surface area contributed by atoms with Gasteiger partial charge in [-0.2, -0.15) is 18.4 Å². The lowest BCUT2D eigenvalue weighted by molar-refractivity contribution is -0.0328. The molecule has 0 aliphatic heterocycles. The maximum absolute atomic E-state index is 12.2. The molecule has 1 heterocycles. The van der Waals surface area contributed by atoms with Crippen LogP contribution in [0.25, 0.3) is 0 Å². The molecule has 0 amide bonds. The number of aromatic nitrogens is 4. The molecule has 9 heteroatoms. The number of halogens is 3. The van der Waals surface area contributed by atoms with Crippen LogP contribution in [-0.4, -0.2) is 26.1 Å². The SMILES string of the molecule is CC(NCc1ccc(SC(F)(F)F)cc1)c1nn[nH]n1. The molecule has 5 nitrogen and oxygen atoms in total. The molecule has 1 atom stereocenters. The van der Waals surface area contributed by atoms with E-state index in [9.17, 15) is 13.2 Å². The predicted octanol–water partition coefficient (Wildman–Crippen LogP) is 2.66. The molecule has 0 radical (unpaired) electrons. The lowest BCUT2D eigenvalue weighted by Gasteiger charge is -2.10. The fourth-order valence-corrected chi connectivity index (χ4v) is 2.06. The van der Waals surface area contributed by atoms with E-state index in [1.54, 1.807) is 12.1 Å². The van der Waals surface area contributed by atoms with Crippen LogP contribution in [0.1, 0.15) is 24.4 Å². The van der Waals surface area contributed by atoms with Gasteiger partial charge in [0.15, 0.2) is 5.82 Å². The third-order valence-electron chi connectivity index (χ3n) is 2.52. The molecule has 108 valence electrons. The maximum atomic E-state index is 12.2. The zero-order valence-electron chi connectivity index (χ0n) is 10.5. The Labute approximate surface area is 117 Å². The molecule has 2 rings (SSSR count). The molecule has 0 aliphatic rings. The van der Waals surface area contributed by atoms with Crippen LogP contribution in [0, 0.1) is 0 Å². The van der Waals surface area contributed by atoms with Crippen LogP contribution >= 0.6 is 11.8 Å². The summed E-state index contributed by atoms with van der Waals surface area (Å²) < 4.78 is 36.5. The van der Waals surface area contributed by atoms with E-state index in [1.807, 2.05) is 6.92 Å². The molecule has 0 saturated heterocycles. The average Bonchev–Trinajstić information content (AvgIpc) is 2.89. The number of nitrogens with zero attached hydrogens (tertiary/aromatic N) is 3. The van der Waals surface area contributed by atoms with Crippen LogP contribution in [0.2, 0.25) is 0 Å². The second-order valence-corrected chi connectivity index (χ2v) is 5.20. The van der Waals surface area contributed by atoms with E-state index >= 15 is 0 Å². The number of nitrogens with one attached hydrogen (secondary N) is 2. The summed E-state index contributed by atoms with van der Waals surface area (Å²) in [5.41, 5.74) is -3.38. The summed E-state index contributed by atoms with van der Waals surface area (Å²) in [6.45, 7) is 2.38. The Morgan fingerprint density at radius 3 is 2.55 bits per heavy atom. The van der Waals surface area contributed by atoms with Crippen molar-refractivity contribution in [3.63, 3.8) is 0 Å². The highest BCUT2D eigenvalue weighted by Crippen LogP contribution is 2.36. The van der Waals surface area contributed by atoms with E-state index in [0.717, 1.165) is 5.56 Å². The molecule has 2 aromatic rings. The van der Waals surface area contributed by atoms with E-state index in [2.05, 4.69) is 25.9 Å². The van der Waals surface area contributed by atoms with Crippen molar-refractivity contribution in [3.05, 3.63) is 35.7 Å². The third-order valence-corrected chi connectivity index (χ3v) is 3.26. The quantitative estimate of drug-likeness (QED) is 0.831. The van der Waals surface area contributed by atoms with Gasteiger partial charge in [0.2, 0.25) is 0 Å². The van der Waals surface area contributed by atoms with Crippen LogP contribution in [0.15, 0.2) is 29.2 Å². The Kier molecular flexibility index (Phi) is 4.61. The van der Waals surface area contributed by atoms with Gasteiger partial charge in [-0.25, -0.2) is 0 Å². The molecule has 20 heavy (non-hydrogen) atoms. The topological polar surface area (TPSA) is 66.5 Å². The largest absolute Gasteiger partial charge is 0.446 e. The fourth-order valence-electron chi connectivity index (χ4n) is 1.52. The van der Waals surface area contributed by atoms with E-state index in [0.29, 0.717) is 12.4 Å². The van der Waals surface area contributed by atoms with Crippen molar-refractivity contribution in [3.8, 4) is 0 Å². The lowest BCUT2D eigenvalue weighted by Crippen LogP contribution is -2.19. The fraction of sp³-hybridized carbons (Fsp3) is 0.364. The minimum Gasteiger partial charge on any atom is -0.303 e. The average molecular weight is 303 g/mol. The number of hydrogen-bond acceptors (Lipinski definition) is 5. The van der Waals surface area contributed by atoms with Crippen LogP contribution in [-0.2, 0) is 6.54 Å². The first-order chi connectivity index (χ1) is 9.44. The predicted molar refractivity (Wildman–Crippen MR) is 67.8 cm³/mol. The summed E-state index contributed by atoms with van der Waals surface area (Å²) >= 11 is -0.121. The number of thioether (sulfide) groups is 1. The molecule has 0 spiro atoms. The highest BCUT2D eigenvalue weighted by Gasteiger charge is 2.28. The summed E-state index contributed by atoms with van der Waals surface area (Å²) in [6, 6.07) is 6.12. The number of aromatic amines is 1. The summed E-state index contributed by atoms with van der Waals surface area (Å²) in [6.07, 6.45) is 0. The zero-order valence-corrected chi connectivity index (χ0v) is 11.3. The minimum absolute atomic E-state index is 0.0991. The first-order valence-electron chi connectivity index (χ1n) is 5.75. The van der Waals surface area contributed by atoms with E-state index in [4.69, 9.17) is 0 Å². The van der Waals surface area contributed by atoms with Crippen molar-refractivity contribution >= 4 is 11.8 Å². The van der Waals surface area contributed by atoms with Gasteiger partial charge in [-0.05, 0) is 36.4 Å². The maximum Gasteiger partial charge on any atom is 0.446 e. The summed E-state index contributed by atoms with van der Waals surface area (Å²) in [7, 11) is 0. The van der Waals surface area contributed by atoms with Crippen molar-refractivity contribution in [2.24, 2.45) is 0 Å². The monoisotopic (exact) mass is 303 g/mol. The second-order valence-electron chi connectivity index (χ2n) is 4.06. The lowest BCUT2D eigenvalue weighted by atomic mass is 10.2. The molecule has 1 aromatic heterocycles. The van der Waals surface area contributed by atoms with Crippen molar-refractivity contribution in [2.45, 2.75) is 29.9 Å². The van der Waals surface area contributed by atoms with Gasteiger partial charge in [0.05, 0.1) is 6.04 Å². The number of hydrogen-bond donors (Lipinski definition) is 2. The Morgan fingerprint density at radius 1 is 1.30 bits per heavy atom. The van der Waals surface area contributed by atoms with Gasteiger partial charge in [0.25, 0.3) is 0 Å². The highest BCUT2D eigenvalue weighted by molar-refractivity contribution is 8.00. The van der Waals surface area contributed by atoms with Crippen LogP contribution in [0.5, 0.6) is 0 Å². The van der Waals surface area contributed by atoms with Gasteiger partial charge in [-0.1, -0.05) is 17.3 Å². The number of H-pyrrole nitrogens is 1. The van der Waals surface area contributed by atoms with Crippen LogP contribution in [0.4, 0.5) is 13.2 Å². The van der Waals surface area contributed by atoms with Gasteiger partial charge in [-0.15, -0.1) is 10.2 Å². The molecule has 0 bridgehead atoms. The normalized spacial score (nSPS) is 13.4. The Hall–Kier alpha value is -1.61. The van der Waals surface area contributed by atoms with Crippen LogP contribution in [0.3, 0.4) is 0 Å². The van der Waals surface area contributed by atoms with E-state index < -0.39 is 5.51 Å². The number of rotatable bonds is 5. The van der Waals surface area contributed by atoms with Crippen molar-refractivity contribution < 1.29 is 13.2 Å². The Balaban J connectivity index is 1.88. The molecule has 1 unspecified atom stereocenters. The van der Waals surface area contributed by atoms with Crippen molar-refractivity contribution in [2.75, 3.05) is 0 Å². The van der Waals surface area contributed by atoms with Gasteiger partial charge < -0.3 is 5.32 Å². The number of benzene rings is 1. The molecular weight excluding hydrogens is 291 g/mol.